The normalized spacial score (nSPS) is 11.1. The van der Waals surface area contributed by atoms with Crippen LogP contribution in [0.3, 0.4) is 0 Å². The SMILES string of the molecule is CCOC(=O)c1ccc(NC(=O)c2ccccc2Sc2ccc3c(/C=C/c4ccccn4)n[nH]c3c2)cc1. The number of ether oxygens (including phenoxy) is 1. The van der Waals surface area contributed by atoms with Crippen molar-refractivity contribution in [3.63, 3.8) is 0 Å². The van der Waals surface area contributed by atoms with Gasteiger partial charge in [-0.1, -0.05) is 30.0 Å². The third-order valence-corrected chi connectivity index (χ3v) is 6.74. The van der Waals surface area contributed by atoms with Crippen LogP contribution >= 0.6 is 11.8 Å². The number of aromatic nitrogens is 3. The molecule has 5 aromatic rings. The van der Waals surface area contributed by atoms with E-state index in [0.29, 0.717) is 23.4 Å². The summed E-state index contributed by atoms with van der Waals surface area (Å²) in [5.41, 5.74) is 4.17. The average molecular weight is 521 g/mol. The summed E-state index contributed by atoms with van der Waals surface area (Å²) in [5.74, 6) is -0.626. The van der Waals surface area contributed by atoms with Gasteiger partial charge in [-0.05, 0) is 85.8 Å². The maximum absolute atomic E-state index is 13.1. The van der Waals surface area contributed by atoms with E-state index in [0.717, 1.165) is 32.1 Å². The minimum absolute atomic E-state index is 0.235. The Kier molecular flexibility index (Phi) is 7.61. The number of rotatable bonds is 8. The number of hydrogen-bond donors (Lipinski definition) is 2. The highest BCUT2D eigenvalue weighted by molar-refractivity contribution is 7.99. The molecular weight excluding hydrogens is 496 g/mol. The quantitative estimate of drug-likeness (QED) is 0.221. The van der Waals surface area contributed by atoms with Crippen LogP contribution in [0.15, 0.2) is 101 Å². The molecule has 2 aromatic heterocycles. The minimum Gasteiger partial charge on any atom is -0.462 e. The molecule has 2 N–H and O–H groups in total. The Morgan fingerprint density at radius 1 is 0.974 bits per heavy atom. The van der Waals surface area contributed by atoms with Crippen LogP contribution in [0.2, 0.25) is 0 Å². The van der Waals surface area contributed by atoms with Gasteiger partial charge in [-0.15, -0.1) is 0 Å². The molecule has 2 heterocycles. The van der Waals surface area contributed by atoms with Gasteiger partial charge in [0.2, 0.25) is 0 Å². The molecule has 7 nitrogen and oxygen atoms in total. The largest absolute Gasteiger partial charge is 0.462 e. The zero-order chi connectivity index (χ0) is 26.3. The van der Waals surface area contributed by atoms with E-state index in [9.17, 15) is 9.59 Å². The van der Waals surface area contributed by atoms with Crippen LogP contribution in [-0.4, -0.2) is 33.7 Å². The van der Waals surface area contributed by atoms with Gasteiger partial charge in [0.15, 0.2) is 0 Å². The number of esters is 1. The van der Waals surface area contributed by atoms with Gasteiger partial charge in [-0.25, -0.2) is 4.79 Å². The number of nitrogens with one attached hydrogen (secondary N) is 2. The van der Waals surface area contributed by atoms with Crippen molar-refractivity contribution in [1.82, 2.24) is 15.2 Å². The van der Waals surface area contributed by atoms with Crippen molar-refractivity contribution in [2.75, 3.05) is 11.9 Å². The van der Waals surface area contributed by atoms with Gasteiger partial charge in [-0.3, -0.25) is 14.9 Å². The second kappa shape index (κ2) is 11.6. The number of hydrogen-bond acceptors (Lipinski definition) is 6. The number of anilines is 1. The molecule has 0 bridgehead atoms. The second-order valence-electron chi connectivity index (χ2n) is 8.25. The van der Waals surface area contributed by atoms with Gasteiger partial charge in [0.05, 0.1) is 34.6 Å². The van der Waals surface area contributed by atoms with Crippen molar-refractivity contribution >= 4 is 52.4 Å². The molecule has 188 valence electrons. The smallest absolute Gasteiger partial charge is 0.338 e. The van der Waals surface area contributed by atoms with Crippen LogP contribution in [0.5, 0.6) is 0 Å². The Morgan fingerprint density at radius 3 is 2.58 bits per heavy atom. The first-order valence-corrected chi connectivity index (χ1v) is 12.8. The fourth-order valence-electron chi connectivity index (χ4n) is 3.82. The molecule has 0 aliphatic heterocycles. The predicted octanol–water partition coefficient (Wildman–Crippen LogP) is 6.71. The lowest BCUT2D eigenvalue weighted by Gasteiger charge is -2.10. The summed E-state index contributed by atoms with van der Waals surface area (Å²) >= 11 is 1.50. The van der Waals surface area contributed by atoms with Crippen LogP contribution in [0.1, 0.15) is 39.0 Å². The van der Waals surface area contributed by atoms with Crippen molar-refractivity contribution in [3.8, 4) is 0 Å². The number of carbonyl (C=O) groups excluding carboxylic acids is 2. The van der Waals surface area contributed by atoms with Crippen LogP contribution in [-0.2, 0) is 4.74 Å². The van der Waals surface area contributed by atoms with E-state index in [-0.39, 0.29) is 5.91 Å². The number of fused-ring (bicyclic) bond motifs is 1. The highest BCUT2D eigenvalue weighted by Crippen LogP contribution is 2.33. The first-order chi connectivity index (χ1) is 18.6. The highest BCUT2D eigenvalue weighted by Gasteiger charge is 2.14. The number of carbonyl (C=O) groups is 2. The lowest BCUT2D eigenvalue weighted by atomic mass is 10.2. The van der Waals surface area contributed by atoms with Crippen molar-refractivity contribution < 1.29 is 14.3 Å². The molecular formula is C30H24N4O3S. The number of pyridine rings is 1. The first-order valence-electron chi connectivity index (χ1n) is 12.0. The van der Waals surface area contributed by atoms with Gasteiger partial charge in [-0.2, -0.15) is 5.10 Å². The number of amides is 1. The van der Waals surface area contributed by atoms with Crippen LogP contribution in [0.25, 0.3) is 23.1 Å². The molecule has 0 aliphatic carbocycles. The van der Waals surface area contributed by atoms with Crippen molar-refractivity contribution in [3.05, 3.63) is 114 Å². The summed E-state index contributed by atoms with van der Waals surface area (Å²) in [4.78, 5) is 31.1. The van der Waals surface area contributed by atoms with Crippen molar-refractivity contribution in [2.24, 2.45) is 0 Å². The van der Waals surface area contributed by atoms with Gasteiger partial charge in [0.25, 0.3) is 5.91 Å². The van der Waals surface area contributed by atoms with Gasteiger partial charge >= 0.3 is 5.97 Å². The van der Waals surface area contributed by atoms with E-state index in [1.807, 2.05) is 66.7 Å². The van der Waals surface area contributed by atoms with Crippen LogP contribution < -0.4 is 5.32 Å². The summed E-state index contributed by atoms with van der Waals surface area (Å²) in [6, 6.07) is 25.9. The Labute approximate surface area is 224 Å². The Balaban J connectivity index is 1.31. The van der Waals surface area contributed by atoms with Crippen LogP contribution in [0, 0.1) is 0 Å². The molecule has 0 radical (unpaired) electrons. The fourth-order valence-corrected chi connectivity index (χ4v) is 4.81. The summed E-state index contributed by atoms with van der Waals surface area (Å²) in [7, 11) is 0. The summed E-state index contributed by atoms with van der Waals surface area (Å²) in [6.45, 7) is 2.07. The molecule has 0 fully saturated rings. The molecule has 0 aliphatic rings. The maximum atomic E-state index is 13.1. The molecule has 1 amide bonds. The van der Waals surface area contributed by atoms with E-state index >= 15 is 0 Å². The first kappa shape index (κ1) is 25.0. The van der Waals surface area contributed by atoms with Gasteiger partial charge < -0.3 is 10.1 Å². The number of H-pyrrole nitrogens is 1. The third kappa shape index (κ3) is 5.82. The molecule has 0 saturated heterocycles. The standard InChI is InChI=1S/C30H24N4O3S/c1-2-37-30(36)20-10-12-22(13-11-20)32-29(35)25-8-3-4-9-28(25)38-23-15-16-24-26(33-34-27(24)19-23)17-14-21-7-5-6-18-31-21/h3-19H,2H2,1H3,(H,32,35)(H,33,34)/b17-14+. The van der Waals surface area contributed by atoms with Crippen molar-refractivity contribution in [2.45, 2.75) is 16.7 Å². The second-order valence-corrected chi connectivity index (χ2v) is 9.37. The fraction of sp³-hybridized carbons (Fsp3) is 0.0667. The lowest BCUT2D eigenvalue weighted by molar-refractivity contribution is 0.0526. The maximum Gasteiger partial charge on any atom is 0.338 e. The lowest BCUT2D eigenvalue weighted by Crippen LogP contribution is -2.13. The predicted molar refractivity (Wildman–Crippen MR) is 150 cm³/mol. The summed E-state index contributed by atoms with van der Waals surface area (Å²) in [6.07, 6.45) is 5.62. The molecule has 38 heavy (non-hydrogen) atoms. The Hall–Kier alpha value is -4.69. The summed E-state index contributed by atoms with van der Waals surface area (Å²) < 4.78 is 5.01. The van der Waals surface area contributed by atoms with E-state index in [1.54, 1.807) is 43.5 Å². The third-order valence-electron chi connectivity index (χ3n) is 5.68. The van der Waals surface area contributed by atoms with Crippen molar-refractivity contribution in [1.29, 1.82) is 0 Å². The minimum atomic E-state index is -0.391. The highest BCUT2D eigenvalue weighted by atomic mass is 32.2. The number of benzene rings is 3. The Morgan fingerprint density at radius 2 is 1.79 bits per heavy atom. The van der Waals surface area contributed by atoms with E-state index in [2.05, 4.69) is 20.5 Å². The molecule has 0 unspecified atom stereocenters. The van der Waals surface area contributed by atoms with Gasteiger partial charge in [0, 0.05) is 27.1 Å². The molecule has 3 aromatic carbocycles. The molecule has 0 saturated carbocycles. The average Bonchev–Trinajstić information content (AvgIpc) is 3.35. The Bertz CT molecular complexity index is 1610. The monoisotopic (exact) mass is 520 g/mol. The number of aromatic amines is 1. The zero-order valence-electron chi connectivity index (χ0n) is 20.5. The van der Waals surface area contributed by atoms with Crippen LogP contribution in [0.4, 0.5) is 5.69 Å². The summed E-state index contributed by atoms with van der Waals surface area (Å²) in [5, 5.41) is 11.4. The topological polar surface area (TPSA) is 97.0 Å². The molecule has 0 atom stereocenters. The molecule has 8 heteroatoms. The van der Waals surface area contributed by atoms with E-state index in [1.165, 1.54) is 11.8 Å². The molecule has 0 spiro atoms. The number of nitrogens with zero attached hydrogens (tertiary/aromatic N) is 2. The molecule has 5 rings (SSSR count). The zero-order valence-corrected chi connectivity index (χ0v) is 21.4. The van der Waals surface area contributed by atoms with E-state index in [4.69, 9.17) is 4.74 Å². The van der Waals surface area contributed by atoms with E-state index < -0.39 is 5.97 Å². The van der Waals surface area contributed by atoms with Gasteiger partial charge in [0.1, 0.15) is 0 Å².